The first-order valence-electron chi connectivity index (χ1n) is 8.63. The lowest BCUT2D eigenvalue weighted by molar-refractivity contribution is 0.0473. The summed E-state index contributed by atoms with van der Waals surface area (Å²) in [4.78, 5) is 29.6. The number of H-pyrrole nitrogens is 1. The number of rotatable bonds is 5. The molecule has 1 N–H and O–H groups in total. The molecule has 7 nitrogen and oxygen atoms in total. The van der Waals surface area contributed by atoms with E-state index in [9.17, 15) is 9.59 Å². The first kappa shape index (κ1) is 17.7. The molecular formula is C19H21N3O4. The molecular weight excluding hydrogens is 334 g/mol. The van der Waals surface area contributed by atoms with Crippen LogP contribution in [-0.4, -0.2) is 41.3 Å². The second-order valence-electron chi connectivity index (χ2n) is 5.55. The number of nitrogens with zero attached hydrogens (tertiary/aromatic N) is 2. The zero-order chi connectivity index (χ0) is 18.7. The minimum atomic E-state index is -0.614. The van der Waals surface area contributed by atoms with Crippen molar-refractivity contribution >= 4 is 28.2 Å². The van der Waals surface area contributed by atoms with E-state index in [2.05, 4.69) is 10.1 Å². The van der Waals surface area contributed by atoms with Crippen molar-refractivity contribution < 1.29 is 19.1 Å². The van der Waals surface area contributed by atoms with Gasteiger partial charge in [0.05, 0.1) is 18.7 Å². The van der Waals surface area contributed by atoms with Gasteiger partial charge in [0, 0.05) is 17.3 Å². The Morgan fingerprint density at radius 1 is 1.08 bits per heavy atom. The molecule has 0 spiro atoms. The van der Waals surface area contributed by atoms with E-state index in [1.807, 2.05) is 31.2 Å². The van der Waals surface area contributed by atoms with Crippen LogP contribution in [0.3, 0.4) is 0 Å². The SMILES string of the molecule is CCN=c1cc2ccccc3c(C(=O)OCC)c(C(=O)OCC)[nH]n1c23. The summed E-state index contributed by atoms with van der Waals surface area (Å²) in [6, 6.07) is 9.34. The average Bonchev–Trinajstić information content (AvgIpc) is 2.82. The third kappa shape index (κ3) is 2.96. The molecule has 0 radical (unpaired) electrons. The normalized spacial score (nSPS) is 11.9. The smallest absolute Gasteiger partial charge is 0.357 e. The lowest BCUT2D eigenvalue weighted by Crippen LogP contribution is -2.22. The van der Waals surface area contributed by atoms with Gasteiger partial charge in [0.1, 0.15) is 11.1 Å². The molecule has 0 unspecified atom stereocenters. The summed E-state index contributed by atoms with van der Waals surface area (Å²) >= 11 is 0. The minimum absolute atomic E-state index is 0.0500. The van der Waals surface area contributed by atoms with Gasteiger partial charge >= 0.3 is 11.9 Å². The maximum atomic E-state index is 12.6. The van der Waals surface area contributed by atoms with Gasteiger partial charge in [0.2, 0.25) is 0 Å². The molecule has 0 fully saturated rings. The van der Waals surface area contributed by atoms with Crippen LogP contribution in [0.5, 0.6) is 0 Å². The Balaban J connectivity index is 2.49. The molecule has 3 aromatic rings. The van der Waals surface area contributed by atoms with Crippen molar-refractivity contribution in [3.63, 3.8) is 0 Å². The van der Waals surface area contributed by atoms with Crippen LogP contribution in [0, 0.1) is 0 Å². The van der Waals surface area contributed by atoms with Gasteiger partial charge in [-0.05, 0) is 26.8 Å². The van der Waals surface area contributed by atoms with E-state index in [0.29, 0.717) is 17.4 Å². The molecule has 0 amide bonds. The van der Waals surface area contributed by atoms with Crippen molar-refractivity contribution in [2.24, 2.45) is 4.99 Å². The molecule has 136 valence electrons. The van der Waals surface area contributed by atoms with Crippen LogP contribution in [0.25, 0.3) is 16.3 Å². The molecule has 0 aliphatic carbocycles. The molecule has 2 heterocycles. The average molecular weight is 355 g/mol. The van der Waals surface area contributed by atoms with Crippen LogP contribution in [0.15, 0.2) is 35.3 Å². The zero-order valence-electron chi connectivity index (χ0n) is 15.0. The number of carbonyl (C=O) groups is 2. The van der Waals surface area contributed by atoms with Gasteiger partial charge in [0.15, 0.2) is 5.69 Å². The first-order valence-corrected chi connectivity index (χ1v) is 8.63. The second kappa shape index (κ2) is 7.43. The largest absolute Gasteiger partial charge is 0.462 e. The fourth-order valence-electron chi connectivity index (χ4n) is 2.97. The van der Waals surface area contributed by atoms with Gasteiger partial charge in [-0.15, -0.1) is 0 Å². The molecule has 0 bridgehead atoms. The second-order valence-corrected chi connectivity index (χ2v) is 5.55. The van der Waals surface area contributed by atoms with Gasteiger partial charge in [-0.25, -0.2) is 14.1 Å². The molecule has 7 heteroatoms. The van der Waals surface area contributed by atoms with Gasteiger partial charge in [-0.3, -0.25) is 10.1 Å². The molecule has 0 aliphatic heterocycles. The van der Waals surface area contributed by atoms with E-state index in [1.165, 1.54) is 0 Å². The number of hydrogen-bond acceptors (Lipinski definition) is 5. The summed E-state index contributed by atoms with van der Waals surface area (Å²) in [5.41, 5.74) is 1.65. The Morgan fingerprint density at radius 2 is 1.77 bits per heavy atom. The number of aromatic nitrogens is 2. The maximum Gasteiger partial charge on any atom is 0.357 e. The standard InChI is InChI=1S/C19H21N3O4/c1-4-20-14-11-12-9-7-8-10-13-15(18(23)25-5-2)16(19(24)26-6-3)21-22(14)17(12)13/h7-11,21H,4-6H2,1-3H3. The van der Waals surface area contributed by atoms with Gasteiger partial charge in [-0.2, -0.15) is 0 Å². The lowest BCUT2D eigenvalue weighted by atomic mass is 10.1. The van der Waals surface area contributed by atoms with Gasteiger partial charge in [-0.1, -0.05) is 24.3 Å². The van der Waals surface area contributed by atoms with Crippen LogP contribution in [0.1, 0.15) is 41.6 Å². The monoisotopic (exact) mass is 355 g/mol. The number of aromatic amines is 1. The topological polar surface area (TPSA) is 85.2 Å². The van der Waals surface area contributed by atoms with Crippen molar-refractivity contribution in [2.75, 3.05) is 19.8 Å². The minimum Gasteiger partial charge on any atom is -0.462 e. The van der Waals surface area contributed by atoms with Crippen LogP contribution in [0.2, 0.25) is 0 Å². The lowest BCUT2D eigenvalue weighted by Gasteiger charge is -2.12. The Kier molecular flexibility index (Phi) is 5.06. The fraction of sp³-hybridized carbons (Fsp3) is 0.316. The molecule has 0 saturated carbocycles. The Labute approximate surface area is 150 Å². The molecule has 26 heavy (non-hydrogen) atoms. The summed E-state index contributed by atoms with van der Waals surface area (Å²) in [7, 11) is 0. The van der Waals surface area contributed by atoms with E-state index in [1.54, 1.807) is 24.4 Å². The summed E-state index contributed by atoms with van der Waals surface area (Å²) in [5.74, 6) is -1.19. The van der Waals surface area contributed by atoms with Crippen molar-refractivity contribution in [3.8, 4) is 0 Å². The van der Waals surface area contributed by atoms with Crippen LogP contribution >= 0.6 is 0 Å². The summed E-state index contributed by atoms with van der Waals surface area (Å²) in [6.07, 6.45) is 0. The molecule has 0 saturated heterocycles. The highest BCUT2D eigenvalue weighted by Crippen LogP contribution is 2.25. The third-order valence-electron chi connectivity index (χ3n) is 3.94. The highest BCUT2D eigenvalue weighted by Gasteiger charge is 2.25. The predicted octanol–water partition coefficient (Wildman–Crippen LogP) is 2.69. The van der Waals surface area contributed by atoms with E-state index in [0.717, 1.165) is 10.9 Å². The molecule has 1 aromatic carbocycles. The predicted molar refractivity (Wildman–Crippen MR) is 97.3 cm³/mol. The summed E-state index contributed by atoms with van der Waals surface area (Å²) in [5, 5.41) is 4.51. The third-order valence-corrected chi connectivity index (χ3v) is 3.94. The Bertz CT molecular complexity index is 1050. The Hall–Kier alpha value is -3.09. The van der Waals surface area contributed by atoms with E-state index < -0.39 is 11.9 Å². The fourth-order valence-corrected chi connectivity index (χ4v) is 2.97. The van der Waals surface area contributed by atoms with Crippen LogP contribution < -0.4 is 5.49 Å². The number of nitrogens with one attached hydrogen (secondary N) is 1. The van der Waals surface area contributed by atoms with Gasteiger partial charge in [0.25, 0.3) is 0 Å². The number of ether oxygens (including phenoxy) is 2. The van der Waals surface area contributed by atoms with Crippen LogP contribution in [0.4, 0.5) is 0 Å². The van der Waals surface area contributed by atoms with E-state index in [4.69, 9.17) is 9.47 Å². The van der Waals surface area contributed by atoms with E-state index in [-0.39, 0.29) is 24.5 Å². The number of carbonyl (C=O) groups excluding carboxylic acids is 2. The van der Waals surface area contributed by atoms with Crippen molar-refractivity contribution in [2.45, 2.75) is 20.8 Å². The highest BCUT2D eigenvalue weighted by molar-refractivity contribution is 6.13. The zero-order valence-corrected chi connectivity index (χ0v) is 15.0. The summed E-state index contributed by atoms with van der Waals surface area (Å²) < 4.78 is 12.0. The quantitative estimate of drug-likeness (QED) is 0.713. The van der Waals surface area contributed by atoms with Crippen molar-refractivity contribution in [3.05, 3.63) is 47.1 Å². The first-order chi connectivity index (χ1) is 12.6. The van der Waals surface area contributed by atoms with Crippen molar-refractivity contribution in [1.82, 2.24) is 9.61 Å². The molecule has 3 rings (SSSR count). The molecule has 0 atom stereocenters. The summed E-state index contributed by atoms with van der Waals surface area (Å²) in [6.45, 7) is 6.36. The number of hydrogen-bond donors (Lipinski definition) is 1. The molecule has 2 aromatic heterocycles. The Morgan fingerprint density at radius 3 is 2.46 bits per heavy atom. The maximum absolute atomic E-state index is 12.6. The molecule has 0 aliphatic rings. The van der Waals surface area contributed by atoms with Crippen molar-refractivity contribution in [1.29, 1.82) is 0 Å². The highest BCUT2D eigenvalue weighted by atomic mass is 16.5. The van der Waals surface area contributed by atoms with Crippen LogP contribution in [-0.2, 0) is 9.47 Å². The van der Waals surface area contributed by atoms with Gasteiger partial charge < -0.3 is 9.47 Å². The number of esters is 2. The van der Waals surface area contributed by atoms with E-state index >= 15 is 0 Å².